The van der Waals surface area contributed by atoms with Gasteiger partial charge in [-0.05, 0) is 43.1 Å². The summed E-state index contributed by atoms with van der Waals surface area (Å²) < 4.78 is 0. The second-order valence-electron chi connectivity index (χ2n) is 5.45. The van der Waals surface area contributed by atoms with E-state index in [0.29, 0.717) is 0 Å². The van der Waals surface area contributed by atoms with Crippen molar-refractivity contribution in [3.8, 4) is 0 Å². The zero-order valence-electron chi connectivity index (χ0n) is 10.9. The highest BCUT2D eigenvalue weighted by Crippen LogP contribution is 2.37. The molecule has 5 rings (SSSR count). The van der Waals surface area contributed by atoms with Gasteiger partial charge in [0.15, 0.2) is 0 Å². The highest BCUT2D eigenvalue weighted by Gasteiger charge is 2.09. The van der Waals surface area contributed by atoms with Crippen molar-refractivity contribution < 1.29 is 0 Å². The molecule has 0 aromatic heterocycles. The fourth-order valence-electron chi connectivity index (χ4n) is 3.46. The zero-order chi connectivity index (χ0) is 13.1. The van der Waals surface area contributed by atoms with Crippen LogP contribution in [0.3, 0.4) is 0 Å². The van der Waals surface area contributed by atoms with E-state index in [4.69, 9.17) is 0 Å². The summed E-state index contributed by atoms with van der Waals surface area (Å²) >= 11 is 0. The van der Waals surface area contributed by atoms with Crippen LogP contribution in [0.5, 0.6) is 0 Å². The minimum atomic E-state index is 1.30. The molecular formula is C20H12. The van der Waals surface area contributed by atoms with Crippen molar-refractivity contribution >= 4 is 43.1 Å². The van der Waals surface area contributed by atoms with Crippen molar-refractivity contribution in [3.05, 3.63) is 72.8 Å². The Morgan fingerprint density at radius 2 is 0.900 bits per heavy atom. The lowest BCUT2D eigenvalue weighted by Crippen LogP contribution is -1.76. The summed E-state index contributed by atoms with van der Waals surface area (Å²) in [6.07, 6.45) is 0. The highest BCUT2D eigenvalue weighted by atomic mass is 14.1. The van der Waals surface area contributed by atoms with Gasteiger partial charge in [-0.2, -0.15) is 0 Å². The van der Waals surface area contributed by atoms with E-state index in [1.54, 1.807) is 0 Å². The quantitative estimate of drug-likeness (QED) is 0.330. The summed E-state index contributed by atoms with van der Waals surface area (Å²) in [7, 11) is 0. The molecule has 0 atom stereocenters. The van der Waals surface area contributed by atoms with Gasteiger partial charge in [0.2, 0.25) is 0 Å². The third-order valence-corrected chi connectivity index (χ3v) is 4.39. The maximum atomic E-state index is 2.27. The van der Waals surface area contributed by atoms with Crippen LogP contribution in [-0.2, 0) is 0 Å². The van der Waals surface area contributed by atoms with Crippen LogP contribution in [0.4, 0.5) is 0 Å². The van der Waals surface area contributed by atoms with Crippen LogP contribution in [0.25, 0.3) is 43.1 Å². The van der Waals surface area contributed by atoms with E-state index in [0.717, 1.165) is 0 Å². The van der Waals surface area contributed by atoms with Crippen LogP contribution in [0.1, 0.15) is 0 Å². The molecule has 0 heteroatoms. The van der Waals surface area contributed by atoms with E-state index in [9.17, 15) is 0 Å². The van der Waals surface area contributed by atoms with Crippen LogP contribution < -0.4 is 0 Å². The van der Waals surface area contributed by atoms with Crippen LogP contribution in [0.2, 0.25) is 0 Å². The smallest absolute Gasteiger partial charge is 0.00206 e. The molecule has 0 aliphatic heterocycles. The maximum Gasteiger partial charge on any atom is -0.00206 e. The van der Waals surface area contributed by atoms with Gasteiger partial charge < -0.3 is 0 Å². The lowest BCUT2D eigenvalue weighted by atomic mass is 9.99. The van der Waals surface area contributed by atoms with Crippen LogP contribution in [-0.4, -0.2) is 0 Å². The van der Waals surface area contributed by atoms with Crippen molar-refractivity contribution in [3.63, 3.8) is 0 Å². The number of fused-ring (bicyclic) bond motifs is 2. The van der Waals surface area contributed by atoms with Gasteiger partial charge in [0.05, 0.1) is 0 Å². The summed E-state index contributed by atoms with van der Waals surface area (Å²) in [5, 5.41) is 10.8. The SMILES string of the molecule is c1ccc2c(c1)ccc1ccc3ccc4ccc2c1c34. The normalized spacial score (nSPS) is 12.0. The molecule has 0 amide bonds. The van der Waals surface area contributed by atoms with Gasteiger partial charge in [-0.1, -0.05) is 72.8 Å². The van der Waals surface area contributed by atoms with E-state index < -0.39 is 0 Å². The first kappa shape index (κ1) is 10.2. The first-order valence-corrected chi connectivity index (χ1v) is 6.97. The van der Waals surface area contributed by atoms with Gasteiger partial charge in [0, 0.05) is 0 Å². The third-order valence-electron chi connectivity index (χ3n) is 4.39. The Hall–Kier alpha value is -2.60. The molecule has 0 nitrogen and oxygen atoms in total. The molecule has 92 valence electrons. The summed E-state index contributed by atoms with van der Waals surface area (Å²) in [6.45, 7) is 0. The topological polar surface area (TPSA) is 0 Å². The minimum absolute atomic E-state index is 1.30. The van der Waals surface area contributed by atoms with Gasteiger partial charge in [0.25, 0.3) is 0 Å². The Labute approximate surface area is 116 Å². The Balaban J connectivity index is 2.27. The Morgan fingerprint density at radius 3 is 1.65 bits per heavy atom. The van der Waals surface area contributed by atoms with E-state index >= 15 is 0 Å². The summed E-state index contributed by atoms with van der Waals surface area (Å²) in [5.41, 5.74) is 0. The standard InChI is InChI=1S/C20H12/c1-2-4-17-13(3-1)5-6-16-10-9-14-7-8-15-11-12-18(17)20(16)19(14)15/h1-12H. The monoisotopic (exact) mass is 252 g/mol. The molecule has 5 aromatic carbocycles. The fourth-order valence-corrected chi connectivity index (χ4v) is 3.46. The van der Waals surface area contributed by atoms with Crippen LogP contribution >= 0.6 is 0 Å². The summed E-state index contributed by atoms with van der Waals surface area (Å²) in [4.78, 5) is 0. The second-order valence-corrected chi connectivity index (χ2v) is 5.45. The summed E-state index contributed by atoms with van der Waals surface area (Å²) in [6, 6.07) is 26.6. The van der Waals surface area contributed by atoms with Crippen LogP contribution in [0.15, 0.2) is 72.8 Å². The van der Waals surface area contributed by atoms with Gasteiger partial charge in [0.1, 0.15) is 0 Å². The van der Waals surface area contributed by atoms with E-state index in [1.807, 2.05) is 0 Å². The molecule has 5 aromatic rings. The van der Waals surface area contributed by atoms with Crippen molar-refractivity contribution in [2.24, 2.45) is 0 Å². The van der Waals surface area contributed by atoms with Crippen molar-refractivity contribution in [1.82, 2.24) is 0 Å². The van der Waals surface area contributed by atoms with Crippen molar-refractivity contribution in [2.45, 2.75) is 0 Å². The largest absolute Gasteiger partial charge is 0.0616 e. The van der Waals surface area contributed by atoms with Gasteiger partial charge in [-0.25, -0.2) is 0 Å². The number of benzene rings is 3. The molecule has 0 unspecified atom stereocenters. The van der Waals surface area contributed by atoms with Gasteiger partial charge in [-0.15, -0.1) is 0 Å². The molecule has 0 N–H and O–H groups in total. The summed E-state index contributed by atoms with van der Waals surface area (Å²) in [5.74, 6) is 0. The molecular weight excluding hydrogens is 240 g/mol. The number of rotatable bonds is 0. The average Bonchev–Trinajstić information content (AvgIpc) is 2.85. The molecule has 20 heavy (non-hydrogen) atoms. The predicted octanol–water partition coefficient (Wildman–Crippen LogP) is 5.74. The molecule has 0 fully saturated rings. The van der Waals surface area contributed by atoms with E-state index in [1.165, 1.54) is 43.1 Å². The third kappa shape index (κ3) is 1.16. The molecule has 0 aliphatic carbocycles. The Bertz CT molecular complexity index is 1070. The lowest BCUT2D eigenvalue weighted by molar-refractivity contribution is 1.83. The predicted molar refractivity (Wildman–Crippen MR) is 87.7 cm³/mol. The Morgan fingerprint density at radius 1 is 0.350 bits per heavy atom. The molecule has 0 saturated carbocycles. The number of hydrogen-bond donors (Lipinski definition) is 0. The number of hydrogen-bond acceptors (Lipinski definition) is 0. The average molecular weight is 252 g/mol. The molecule has 0 aliphatic rings. The minimum Gasteiger partial charge on any atom is -0.0616 e. The van der Waals surface area contributed by atoms with E-state index in [-0.39, 0.29) is 0 Å². The van der Waals surface area contributed by atoms with Gasteiger partial charge >= 0.3 is 0 Å². The lowest BCUT2D eigenvalue weighted by Gasteiger charge is -2.04. The second kappa shape index (κ2) is 3.49. The molecule has 0 heterocycles. The van der Waals surface area contributed by atoms with E-state index in [2.05, 4.69) is 72.8 Å². The first-order chi connectivity index (χ1) is 9.92. The molecule has 0 bridgehead atoms. The first-order valence-electron chi connectivity index (χ1n) is 6.97. The van der Waals surface area contributed by atoms with Crippen LogP contribution in [0, 0.1) is 0 Å². The molecule has 0 radical (unpaired) electrons. The Kier molecular flexibility index (Phi) is 1.78. The fraction of sp³-hybridized carbons (Fsp3) is 0. The molecule has 0 spiro atoms. The van der Waals surface area contributed by atoms with Gasteiger partial charge in [-0.3, -0.25) is 0 Å². The molecule has 0 saturated heterocycles. The zero-order valence-corrected chi connectivity index (χ0v) is 10.9. The highest BCUT2D eigenvalue weighted by molar-refractivity contribution is 6.27. The van der Waals surface area contributed by atoms with Crippen molar-refractivity contribution in [2.75, 3.05) is 0 Å². The van der Waals surface area contributed by atoms with Crippen molar-refractivity contribution in [1.29, 1.82) is 0 Å². The maximum absolute atomic E-state index is 2.27.